The van der Waals surface area contributed by atoms with Crippen molar-refractivity contribution < 1.29 is 19.1 Å². The number of ether oxygens (including phenoxy) is 2. The normalized spacial score (nSPS) is 10.5. The molecular formula is C22H28N2O4. The summed E-state index contributed by atoms with van der Waals surface area (Å²) < 4.78 is 11.0. The molecule has 0 unspecified atom stereocenters. The van der Waals surface area contributed by atoms with Crippen molar-refractivity contribution in [1.29, 1.82) is 0 Å². The maximum atomic E-state index is 12.3. The van der Waals surface area contributed by atoms with Crippen LogP contribution in [0.15, 0.2) is 42.5 Å². The van der Waals surface area contributed by atoms with Gasteiger partial charge in [-0.05, 0) is 43.0 Å². The number of methoxy groups -OCH3 is 1. The highest BCUT2D eigenvalue weighted by molar-refractivity contribution is 5.96. The standard InChI is InChI=1S/C22H28N2O4/c1-15(2)10-11-28-19-9-8-18(14-20(19)27-4)22(26)24-23-21(25)13-17-7-5-6-16(3)12-17/h5-9,12,14-15H,10-11,13H2,1-4H3,(H,23,25)(H,24,26). The predicted molar refractivity (Wildman–Crippen MR) is 108 cm³/mol. The number of nitrogens with one attached hydrogen (secondary N) is 2. The molecule has 6 heteroatoms. The molecule has 2 N–H and O–H groups in total. The SMILES string of the molecule is COc1cc(C(=O)NNC(=O)Cc2cccc(C)c2)ccc1OCCC(C)C. The van der Waals surface area contributed by atoms with Crippen LogP contribution in [0, 0.1) is 12.8 Å². The van der Waals surface area contributed by atoms with Gasteiger partial charge in [-0.3, -0.25) is 20.4 Å². The van der Waals surface area contributed by atoms with Crippen molar-refractivity contribution in [1.82, 2.24) is 10.9 Å². The molecule has 0 spiro atoms. The zero-order valence-corrected chi connectivity index (χ0v) is 16.9. The van der Waals surface area contributed by atoms with Crippen molar-refractivity contribution in [3.8, 4) is 11.5 Å². The Morgan fingerprint density at radius 3 is 2.50 bits per heavy atom. The molecule has 0 aliphatic heterocycles. The van der Waals surface area contributed by atoms with Crippen LogP contribution in [0.4, 0.5) is 0 Å². The van der Waals surface area contributed by atoms with Gasteiger partial charge >= 0.3 is 0 Å². The highest BCUT2D eigenvalue weighted by atomic mass is 16.5. The number of carbonyl (C=O) groups is 2. The number of rotatable bonds is 8. The average Bonchev–Trinajstić information content (AvgIpc) is 2.66. The Bertz CT molecular complexity index is 818. The molecule has 0 aromatic heterocycles. The number of amides is 2. The highest BCUT2D eigenvalue weighted by Gasteiger charge is 2.12. The summed E-state index contributed by atoms with van der Waals surface area (Å²) in [5.41, 5.74) is 7.20. The van der Waals surface area contributed by atoms with Crippen molar-refractivity contribution in [3.63, 3.8) is 0 Å². The van der Waals surface area contributed by atoms with E-state index in [9.17, 15) is 9.59 Å². The van der Waals surface area contributed by atoms with Crippen LogP contribution in [-0.2, 0) is 11.2 Å². The molecule has 0 aliphatic carbocycles. The summed E-state index contributed by atoms with van der Waals surface area (Å²) in [6, 6.07) is 12.6. The van der Waals surface area contributed by atoms with Gasteiger partial charge in [-0.15, -0.1) is 0 Å². The number of aryl methyl sites for hydroxylation is 1. The Morgan fingerprint density at radius 2 is 1.82 bits per heavy atom. The van der Waals surface area contributed by atoms with Crippen molar-refractivity contribution in [2.75, 3.05) is 13.7 Å². The largest absolute Gasteiger partial charge is 0.493 e. The summed E-state index contributed by atoms with van der Waals surface area (Å²) in [6.45, 7) is 6.80. The number of benzene rings is 2. The number of carbonyl (C=O) groups excluding carboxylic acids is 2. The van der Waals surface area contributed by atoms with E-state index in [4.69, 9.17) is 9.47 Å². The number of hydrazine groups is 1. The van der Waals surface area contributed by atoms with Gasteiger partial charge in [-0.1, -0.05) is 43.7 Å². The summed E-state index contributed by atoms with van der Waals surface area (Å²) in [6.07, 6.45) is 1.12. The molecule has 0 bridgehead atoms. The quantitative estimate of drug-likeness (QED) is 0.684. The lowest BCUT2D eigenvalue weighted by Gasteiger charge is -2.13. The fourth-order valence-electron chi connectivity index (χ4n) is 2.58. The zero-order chi connectivity index (χ0) is 20.5. The lowest BCUT2D eigenvalue weighted by Crippen LogP contribution is -2.42. The van der Waals surface area contributed by atoms with Gasteiger partial charge in [0, 0.05) is 5.56 Å². The van der Waals surface area contributed by atoms with Crippen molar-refractivity contribution in [3.05, 3.63) is 59.2 Å². The molecule has 6 nitrogen and oxygen atoms in total. The van der Waals surface area contributed by atoms with Gasteiger partial charge in [0.2, 0.25) is 5.91 Å². The Labute approximate surface area is 166 Å². The van der Waals surface area contributed by atoms with E-state index in [0.29, 0.717) is 29.6 Å². The van der Waals surface area contributed by atoms with Gasteiger partial charge in [0.05, 0.1) is 20.1 Å². The van der Waals surface area contributed by atoms with E-state index in [-0.39, 0.29) is 12.3 Å². The first-order valence-corrected chi connectivity index (χ1v) is 9.34. The van der Waals surface area contributed by atoms with Gasteiger partial charge in [0.15, 0.2) is 11.5 Å². The minimum atomic E-state index is -0.426. The van der Waals surface area contributed by atoms with Crippen LogP contribution in [-0.4, -0.2) is 25.5 Å². The second kappa shape index (κ2) is 10.3. The van der Waals surface area contributed by atoms with Crippen LogP contribution in [0.1, 0.15) is 41.8 Å². The third-order valence-electron chi connectivity index (χ3n) is 4.14. The minimum absolute atomic E-state index is 0.188. The van der Waals surface area contributed by atoms with E-state index in [1.165, 1.54) is 7.11 Å². The van der Waals surface area contributed by atoms with Crippen molar-refractivity contribution in [2.24, 2.45) is 5.92 Å². The molecule has 2 aromatic carbocycles. The summed E-state index contributed by atoms with van der Waals surface area (Å²) in [5, 5.41) is 0. The molecule has 0 fully saturated rings. The number of hydrogen-bond donors (Lipinski definition) is 2. The topological polar surface area (TPSA) is 76.7 Å². The van der Waals surface area contributed by atoms with Gasteiger partial charge in [0.25, 0.3) is 5.91 Å². The van der Waals surface area contributed by atoms with E-state index in [0.717, 1.165) is 17.5 Å². The maximum Gasteiger partial charge on any atom is 0.269 e. The molecule has 2 amide bonds. The van der Waals surface area contributed by atoms with Crippen LogP contribution in [0.25, 0.3) is 0 Å². The second-order valence-corrected chi connectivity index (χ2v) is 7.06. The molecule has 0 heterocycles. The van der Waals surface area contributed by atoms with E-state index >= 15 is 0 Å². The van der Waals surface area contributed by atoms with Crippen LogP contribution in [0.2, 0.25) is 0 Å². The van der Waals surface area contributed by atoms with Crippen LogP contribution >= 0.6 is 0 Å². The fraction of sp³-hybridized carbons (Fsp3) is 0.364. The van der Waals surface area contributed by atoms with Crippen molar-refractivity contribution in [2.45, 2.75) is 33.6 Å². The van der Waals surface area contributed by atoms with E-state index < -0.39 is 5.91 Å². The molecule has 2 aromatic rings. The summed E-state index contributed by atoms with van der Waals surface area (Å²) in [4.78, 5) is 24.4. The van der Waals surface area contributed by atoms with E-state index in [2.05, 4.69) is 24.7 Å². The van der Waals surface area contributed by atoms with Gasteiger partial charge in [-0.25, -0.2) is 0 Å². The Morgan fingerprint density at radius 1 is 1.04 bits per heavy atom. The highest BCUT2D eigenvalue weighted by Crippen LogP contribution is 2.28. The molecular weight excluding hydrogens is 356 g/mol. The minimum Gasteiger partial charge on any atom is -0.493 e. The van der Waals surface area contributed by atoms with Gasteiger partial charge in [-0.2, -0.15) is 0 Å². The Hall–Kier alpha value is -3.02. The Kier molecular flexibility index (Phi) is 7.87. The monoisotopic (exact) mass is 384 g/mol. The molecule has 0 radical (unpaired) electrons. The summed E-state index contributed by atoms with van der Waals surface area (Å²) in [5.74, 6) is 0.884. The molecule has 0 aliphatic rings. The number of hydrogen-bond acceptors (Lipinski definition) is 4. The third-order valence-corrected chi connectivity index (χ3v) is 4.14. The smallest absolute Gasteiger partial charge is 0.269 e. The predicted octanol–water partition coefficient (Wildman–Crippen LogP) is 3.43. The maximum absolute atomic E-state index is 12.3. The third kappa shape index (κ3) is 6.61. The molecule has 2 rings (SSSR count). The lowest BCUT2D eigenvalue weighted by molar-refractivity contribution is -0.121. The van der Waals surface area contributed by atoms with E-state index in [1.807, 2.05) is 31.2 Å². The molecule has 150 valence electrons. The van der Waals surface area contributed by atoms with Crippen molar-refractivity contribution >= 4 is 11.8 Å². The zero-order valence-electron chi connectivity index (χ0n) is 16.9. The van der Waals surface area contributed by atoms with Crippen LogP contribution < -0.4 is 20.3 Å². The van der Waals surface area contributed by atoms with E-state index in [1.54, 1.807) is 18.2 Å². The second-order valence-electron chi connectivity index (χ2n) is 7.06. The first-order valence-electron chi connectivity index (χ1n) is 9.34. The van der Waals surface area contributed by atoms with Crippen LogP contribution in [0.5, 0.6) is 11.5 Å². The first kappa shape index (κ1) is 21.3. The van der Waals surface area contributed by atoms with Gasteiger partial charge in [0.1, 0.15) is 0 Å². The first-order chi connectivity index (χ1) is 13.4. The fourth-order valence-corrected chi connectivity index (χ4v) is 2.58. The summed E-state index contributed by atoms with van der Waals surface area (Å²) in [7, 11) is 1.52. The molecule has 28 heavy (non-hydrogen) atoms. The Balaban J connectivity index is 1.91. The molecule has 0 saturated heterocycles. The molecule has 0 atom stereocenters. The lowest BCUT2D eigenvalue weighted by atomic mass is 10.1. The molecule has 0 saturated carbocycles. The average molecular weight is 384 g/mol. The summed E-state index contributed by atoms with van der Waals surface area (Å²) >= 11 is 0. The van der Waals surface area contributed by atoms with Gasteiger partial charge < -0.3 is 9.47 Å². The van der Waals surface area contributed by atoms with Crippen LogP contribution in [0.3, 0.4) is 0 Å².